The summed E-state index contributed by atoms with van der Waals surface area (Å²) in [6, 6.07) is 17.7. The van der Waals surface area contributed by atoms with Crippen molar-refractivity contribution in [3.05, 3.63) is 114 Å². The average Bonchev–Trinajstić information content (AvgIpc) is 3.13. The zero-order valence-electron chi connectivity index (χ0n) is 17.2. The molecule has 0 bridgehead atoms. The third-order valence-corrected chi connectivity index (χ3v) is 5.59. The number of para-hydroxylation sites is 1. The minimum atomic E-state index is -0.554. The smallest absolute Gasteiger partial charge is 0.280 e. The van der Waals surface area contributed by atoms with Gasteiger partial charge >= 0.3 is 0 Å². The van der Waals surface area contributed by atoms with Crippen LogP contribution in [0.2, 0.25) is 15.1 Å². The number of nitrogens with one attached hydrogen (secondary N) is 1. The van der Waals surface area contributed by atoms with Crippen LogP contribution < -0.4 is 10.3 Å². The van der Waals surface area contributed by atoms with E-state index in [0.717, 1.165) is 0 Å². The molecular formula is C23H15Cl3N4O4. The monoisotopic (exact) mass is 516 g/mol. The van der Waals surface area contributed by atoms with E-state index in [0.29, 0.717) is 27.2 Å². The maximum atomic E-state index is 13.2. The Labute approximate surface area is 208 Å². The summed E-state index contributed by atoms with van der Waals surface area (Å²) in [5.41, 5.74) is 1.02. The molecule has 4 aromatic rings. The number of nitro benzene ring substituents is 1. The molecule has 34 heavy (non-hydrogen) atoms. The first-order chi connectivity index (χ1) is 16.3. The van der Waals surface area contributed by atoms with Gasteiger partial charge in [-0.1, -0.05) is 53.0 Å². The van der Waals surface area contributed by atoms with Crippen LogP contribution in [0.5, 0.6) is 5.75 Å². The van der Waals surface area contributed by atoms with Crippen LogP contribution >= 0.6 is 34.8 Å². The molecule has 4 rings (SSSR count). The topological polar surface area (TPSA) is 103 Å². The molecule has 0 radical (unpaired) electrons. The largest absolute Gasteiger partial charge is 0.486 e. The van der Waals surface area contributed by atoms with Gasteiger partial charge in [0, 0.05) is 23.4 Å². The summed E-state index contributed by atoms with van der Waals surface area (Å²) in [5, 5.41) is 14.8. The van der Waals surface area contributed by atoms with Gasteiger partial charge in [-0.3, -0.25) is 25.0 Å². The minimum Gasteiger partial charge on any atom is -0.486 e. The molecule has 0 saturated heterocycles. The van der Waals surface area contributed by atoms with E-state index in [9.17, 15) is 14.9 Å². The summed E-state index contributed by atoms with van der Waals surface area (Å²) in [6.07, 6.45) is 1.34. The van der Waals surface area contributed by atoms with E-state index < -0.39 is 4.92 Å². The van der Waals surface area contributed by atoms with Crippen molar-refractivity contribution >= 4 is 52.4 Å². The summed E-state index contributed by atoms with van der Waals surface area (Å²) >= 11 is 18.3. The Morgan fingerprint density at radius 1 is 1.03 bits per heavy atom. The molecule has 0 atom stereocenters. The molecular weight excluding hydrogens is 503 g/mol. The van der Waals surface area contributed by atoms with E-state index in [1.54, 1.807) is 42.5 Å². The number of aromatic nitrogens is 2. The van der Waals surface area contributed by atoms with E-state index >= 15 is 0 Å². The second-order valence-electron chi connectivity index (χ2n) is 6.99. The first kappa shape index (κ1) is 23.6. The molecule has 0 aliphatic carbocycles. The van der Waals surface area contributed by atoms with Crippen molar-refractivity contribution in [1.29, 1.82) is 0 Å². The quantitative estimate of drug-likeness (QED) is 0.175. The van der Waals surface area contributed by atoms with E-state index in [1.807, 2.05) is 6.07 Å². The molecule has 0 unspecified atom stereocenters. The molecule has 0 saturated carbocycles. The highest BCUT2D eigenvalue weighted by Gasteiger charge is 2.16. The molecule has 0 spiro atoms. The number of nitro groups is 1. The molecule has 3 aromatic carbocycles. The lowest BCUT2D eigenvalue weighted by Gasteiger charge is -2.08. The summed E-state index contributed by atoms with van der Waals surface area (Å²) in [6.45, 7) is -0.0221. The number of rotatable bonds is 7. The van der Waals surface area contributed by atoms with Crippen molar-refractivity contribution in [2.45, 2.75) is 6.61 Å². The Kier molecular flexibility index (Phi) is 7.02. The fraction of sp³-hybridized carbons (Fsp3) is 0.0435. The number of benzene rings is 3. The maximum absolute atomic E-state index is 13.2. The van der Waals surface area contributed by atoms with E-state index in [-0.39, 0.29) is 34.1 Å². The van der Waals surface area contributed by atoms with Crippen molar-refractivity contribution in [1.82, 2.24) is 9.78 Å². The highest BCUT2D eigenvalue weighted by molar-refractivity contribution is 6.35. The Morgan fingerprint density at radius 2 is 1.79 bits per heavy atom. The molecule has 0 aliphatic heterocycles. The number of aliphatic imine (C=N–C) groups is 1. The Balaban J connectivity index is 1.71. The Bertz CT molecular complexity index is 1450. The number of aromatic amines is 1. The molecule has 1 heterocycles. The molecule has 8 nitrogen and oxygen atoms in total. The van der Waals surface area contributed by atoms with Gasteiger partial charge in [-0.2, -0.15) is 0 Å². The number of hydrogen-bond donors (Lipinski definition) is 1. The second-order valence-corrected chi connectivity index (χ2v) is 8.25. The molecule has 11 heteroatoms. The summed E-state index contributed by atoms with van der Waals surface area (Å²) in [7, 11) is 0. The van der Waals surface area contributed by atoms with Gasteiger partial charge in [0.15, 0.2) is 0 Å². The van der Waals surface area contributed by atoms with Gasteiger partial charge in [-0.15, -0.1) is 0 Å². The first-order valence-corrected chi connectivity index (χ1v) is 10.9. The second kappa shape index (κ2) is 10.1. The summed E-state index contributed by atoms with van der Waals surface area (Å²) in [4.78, 5) is 27.8. The van der Waals surface area contributed by atoms with Gasteiger partial charge in [-0.05, 0) is 36.4 Å². The van der Waals surface area contributed by atoms with Gasteiger partial charge in [-0.25, -0.2) is 4.68 Å². The van der Waals surface area contributed by atoms with Gasteiger partial charge in [0.05, 0.1) is 37.6 Å². The number of non-ortho nitro benzene ring substituents is 1. The van der Waals surface area contributed by atoms with Crippen LogP contribution in [0.3, 0.4) is 0 Å². The van der Waals surface area contributed by atoms with E-state index in [4.69, 9.17) is 39.5 Å². The van der Waals surface area contributed by atoms with Gasteiger partial charge in [0.25, 0.3) is 11.2 Å². The molecule has 172 valence electrons. The molecule has 0 aliphatic rings. The van der Waals surface area contributed by atoms with Crippen LogP contribution in [0.1, 0.15) is 11.3 Å². The van der Waals surface area contributed by atoms with Crippen molar-refractivity contribution in [3.63, 3.8) is 0 Å². The maximum Gasteiger partial charge on any atom is 0.280 e. The number of nitrogens with zero attached hydrogens (tertiary/aromatic N) is 3. The molecule has 1 N–H and O–H groups in total. The minimum absolute atomic E-state index is 0.0221. The lowest BCUT2D eigenvalue weighted by molar-refractivity contribution is -0.384. The van der Waals surface area contributed by atoms with Crippen LogP contribution in [-0.2, 0) is 6.61 Å². The van der Waals surface area contributed by atoms with Crippen molar-refractivity contribution in [2.24, 2.45) is 4.99 Å². The van der Waals surface area contributed by atoms with Gasteiger partial charge in [0.1, 0.15) is 12.4 Å². The number of halogens is 3. The van der Waals surface area contributed by atoms with Crippen molar-refractivity contribution in [2.75, 3.05) is 0 Å². The zero-order valence-corrected chi connectivity index (χ0v) is 19.5. The third kappa shape index (κ3) is 5.14. The molecule has 1 aromatic heterocycles. The van der Waals surface area contributed by atoms with Crippen molar-refractivity contribution < 1.29 is 9.66 Å². The number of H-pyrrole nitrogens is 1. The number of hydrogen-bond acceptors (Lipinski definition) is 5. The van der Waals surface area contributed by atoms with E-state index in [2.05, 4.69) is 10.1 Å². The van der Waals surface area contributed by atoms with Crippen LogP contribution in [0, 0.1) is 10.1 Å². The predicted molar refractivity (Wildman–Crippen MR) is 133 cm³/mol. The van der Waals surface area contributed by atoms with Crippen molar-refractivity contribution in [3.8, 4) is 11.4 Å². The fourth-order valence-electron chi connectivity index (χ4n) is 3.09. The fourth-order valence-corrected chi connectivity index (χ4v) is 3.77. The lowest BCUT2D eigenvalue weighted by Crippen LogP contribution is -2.17. The molecule has 0 amide bonds. The average molecular weight is 518 g/mol. The standard InChI is InChI=1S/C23H15Cl3N4O4/c24-14-6-9-22(19(26)10-14)34-13-21-17(23(31)29(28-21)15-4-2-1-3-5-15)12-27-20-8-7-16(30(32)33)11-18(20)25/h1-12,28H,13H2. The van der Waals surface area contributed by atoms with Crippen LogP contribution in [0.15, 0.2) is 76.5 Å². The SMILES string of the molecule is O=c1c(C=Nc2ccc([N+](=O)[O-])cc2Cl)c(COc2ccc(Cl)cc2Cl)[nH]n1-c1ccccc1. The Morgan fingerprint density at radius 3 is 2.47 bits per heavy atom. The van der Waals surface area contributed by atoms with Crippen LogP contribution in [0.4, 0.5) is 11.4 Å². The molecule has 0 fully saturated rings. The first-order valence-electron chi connectivity index (χ1n) is 9.78. The van der Waals surface area contributed by atoms with Gasteiger partial charge < -0.3 is 4.74 Å². The van der Waals surface area contributed by atoms with Gasteiger partial charge in [0.2, 0.25) is 0 Å². The lowest BCUT2D eigenvalue weighted by atomic mass is 10.2. The summed E-state index contributed by atoms with van der Waals surface area (Å²) < 4.78 is 7.17. The normalized spacial score (nSPS) is 11.1. The van der Waals surface area contributed by atoms with Crippen LogP contribution in [-0.4, -0.2) is 20.9 Å². The highest BCUT2D eigenvalue weighted by atomic mass is 35.5. The third-order valence-electron chi connectivity index (χ3n) is 4.76. The summed E-state index contributed by atoms with van der Waals surface area (Å²) in [5.74, 6) is 0.390. The predicted octanol–water partition coefficient (Wildman–Crippen LogP) is 6.36. The Hall–Kier alpha value is -3.59. The number of ether oxygens (including phenoxy) is 1. The van der Waals surface area contributed by atoms with E-state index in [1.165, 1.54) is 29.1 Å². The zero-order chi connectivity index (χ0) is 24.2. The highest BCUT2D eigenvalue weighted by Crippen LogP contribution is 2.30. The van der Waals surface area contributed by atoms with Crippen LogP contribution in [0.25, 0.3) is 5.69 Å².